The van der Waals surface area contributed by atoms with Crippen molar-refractivity contribution in [2.24, 2.45) is 0 Å². The minimum atomic E-state index is -3.96. The maximum atomic E-state index is 13.1. The minimum absolute atomic E-state index is 0.00939. The van der Waals surface area contributed by atoms with Gasteiger partial charge in [-0.05, 0) is 48.5 Å². The van der Waals surface area contributed by atoms with Crippen LogP contribution in [-0.2, 0) is 9.84 Å². The van der Waals surface area contributed by atoms with Crippen molar-refractivity contribution in [1.82, 2.24) is 4.98 Å². The molecule has 3 rings (SSSR count). The fraction of sp³-hybridized carbons (Fsp3) is 0.118. The molecule has 0 spiro atoms. The second-order valence-electron chi connectivity index (χ2n) is 5.09. The van der Waals surface area contributed by atoms with Gasteiger partial charge in [-0.2, -0.15) is 4.98 Å². The molecule has 0 aliphatic heterocycles. The first kappa shape index (κ1) is 17.0. The van der Waals surface area contributed by atoms with Crippen molar-refractivity contribution in [2.75, 3.05) is 19.5 Å². The number of hydrogen-bond acceptors (Lipinski definition) is 6. The quantitative estimate of drug-likeness (QED) is 0.701. The van der Waals surface area contributed by atoms with E-state index in [0.29, 0.717) is 11.3 Å². The first-order chi connectivity index (χ1) is 12.0. The zero-order chi connectivity index (χ0) is 18.0. The molecule has 1 heterocycles. The third-order valence-corrected chi connectivity index (χ3v) is 5.22. The molecule has 0 aliphatic rings. The van der Waals surface area contributed by atoms with Crippen LogP contribution in [0.15, 0.2) is 62.9 Å². The lowest BCUT2D eigenvalue weighted by Crippen LogP contribution is -2.05. The van der Waals surface area contributed by atoms with E-state index in [2.05, 4.69) is 10.3 Å². The average molecular weight is 362 g/mol. The van der Waals surface area contributed by atoms with Gasteiger partial charge in [0.05, 0.1) is 12.0 Å². The number of sulfone groups is 1. The van der Waals surface area contributed by atoms with Crippen molar-refractivity contribution < 1.29 is 22.0 Å². The van der Waals surface area contributed by atoms with E-state index in [0.717, 1.165) is 12.1 Å². The normalized spacial score (nSPS) is 11.3. The maximum absolute atomic E-state index is 13.1. The number of oxazole rings is 1. The number of anilines is 1. The van der Waals surface area contributed by atoms with Gasteiger partial charge in [0, 0.05) is 12.6 Å². The van der Waals surface area contributed by atoms with Crippen LogP contribution in [-0.4, -0.2) is 27.6 Å². The molecule has 0 radical (unpaired) electrons. The van der Waals surface area contributed by atoms with Gasteiger partial charge in [0.1, 0.15) is 11.6 Å². The Morgan fingerprint density at radius 2 is 1.72 bits per heavy atom. The van der Waals surface area contributed by atoms with Crippen molar-refractivity contribution in [3.05, 3.63) is 54.3 Å². The second-order valence-corrected chi connectivity index (χ2v) is 6.95. The van der Waals surface area contributed by atoms with Gasteiger partial charge >= 0.3 is 0 Å². The van der Waals surface area contributed by atoms with Gasteiger partial charge < -0.3 is 14.5 Å². The van der Waals surface area contributed by atoms with Crippen LogP contribution in [0, 0.1) is 5.82 Å². The molecule has 0 bridgehead atoms. The molecular weight excluding hydrogens is 347 g/mol. The van der Waals surface area contributed by atoms with Gasteiger partial charge in [-0.1, -0.05) is 0 Å². The molecule has 6 nitrogen and oxygen atoms in total. The highest BCUT2D eigenvalue weighted by atomic mass is 32.2. The molecule has 2 aromatic carbocycles. The Hall–Kier alpha value is -2.87. The Morgan fingerprint density at radius 3 is 2.28 bits per heavy atom. The lowest BCUT2D eigenvalue weighted by atomic mass is 10.2. The summed E-state index contributed by atoms with van der Waals surface area (Å²) < 4.78 is 49.2. The standard InChI is InChI=1S/C17H15FN2O4S/c1-19-16-17(25(21,22)14-9-5-12(18)6-10-14)20-15(24-16)11-3-7-13(23-2)8-4-11/h3-10,19H,1-2H3. The second kappa shape index (κ2) is 6.56. The van der Waals surface area contributed by atoms with E-state index in [1.54, 1.807) is 31.4 Å². The summed E-state index contributed by atoms with van der Waals surface area (Å²) in [7, 11) is -0.879. The van der Waals surface area contributed by atoms with E-state index in [1.165, 1.54) is 19.2 Å². The van der Waals surface area contributed by atoms with Gasteiger partial charge in [0.25, 0.3) is 0 Å². The monoisotopic (exact) mass is 362 g/mol. The highest BCUT2D eigenvalue weighted by Gasteiger charge is 2.28. The summed E-state index contributed by atoms with van der Waals surface area (Å²) in [5.41, 5.74) is 0.595. The van der Waals surface area contributed by atoms with Crippen LogP contribution in [0.25, 0.3) is 11.5 Å². The summed E-state index contributed by atoms with van der Waals surface area (Å²) in [6, 6.07) is 11.4. The smallest absolute Gasteiger partial charge is 0.233 e. The first-order valence-electron chi connectivity index (χ1n) is 7.29. The van der Waals surface area contributed by atoms with Crippen molar-refractivity contribution in [3.8, 4) is 17.2 Å². The highest BCUT2D eigenvalue weighted by molar-refractivity contribution is 7.91. The first-order valence-corrected chi connectivity index (χ1v) is 8.77. The Balaban J connectivity index is 2.07. The number of nitrogens with one attached hydrogen (secondary N) is 1. The number of aromatic nitrogens is 1. The molecule has 0 aliphatic carbocycles. The van der Waals surface area contributed by atoms with E-state index in [1.807, 2.05) is 0 Å². The number of ether oxygens (including phenoxy) is 1. The van der Waals surface area contributed by atoms with Crippen LogP contribution in [0.3, 0.4) is 0 Å². The van der Waals surface area contributed by atoms with Crippen LogP contribution in [0.1, 0.15) is 0 Å². The summed E-state index contributed by atoms with van der Waals surface area (Å²) in [4.78, 5) is 4.06. The lowest BCUT2D eigenvalue weighted by Gasteiger charge is -2.02. The SMILES string of the molecule is CNc1oc(-c2ccc(OC)cc2)nc1S(=O)(=O)c1ccc(F)cc1. The van der Waals surface area contributed by atoms with Crippen LogP contribution in [0.4, 0.5) is 10.3 Å². The van der Waals surface area contributed by atoms with Gasteiger partial charge in [0.2, 0.25) is 26.6 Å². The number of hydrogen-bond donors (Lipinski definition) is 1. The molecule has 0 atom stereocenters. The van der Waals surface area contributed by atoms with Crippen LogP contribution in [0.2, 0.25) is 0 Å². The van der Waals surface area contributed by atoms with Gasteiger partial charge in [0.15, 0.2) is 0 Å². The summed E-state index contributed by atoms with van der Waals surface area (Å²) in [6.07, 6.45) is 0. The van der Waals surface area contributed by atoms with Crippen molar-refractivity contribution in [2.45, 2.75) is 9.92 Å². The summed E-state index contributed by atoms with van der Waals surface area (Å²) in [5.74, 6) is 0.290. The summed E-state index contributed by atoms with van der Waals surface area (Å²) >= 11 is 0. The molecule has 1 aromatic heterocycles. The zero-order valence-electron chi connectivity index (χ0n) is 13.5. The van der Waals surface area contributed by atoms with E-state index >= 15 is 0 Å². The van der Waals surface area contributed by atoms with E-state index in [4.69, 9.17) is 9.15 Å². The van der Waals surface area contributed by atoms with Crippen molar-refractivity contribution >= 4 is 15.7 Å². The van der Waals surface area contributed by atoms with E-state index < -0.39 is 15.7 Å². The molecule has 25 heavy (non-hydrogen) atoms. The third-order valence-electron chi connectivity index (χ3n) is 3.54. The molecule has 0 fully saturated rings. The Kier molecular flexibility index (Phi) is 4.45. The molecule has 130 valence electrons. The predicted octanol–water partition coefficient (Wildman–Crippen LogP) is 3.36. The molecule has 0 saturated heterocycles. The number of methoxy groups -OCH3 is 1. The highest BCUT2D eigenvalue weighted by Crippen LogP contribution is 2.32. The van der Waals surface area contributed by atoms with Crippen LogP contribution >= 0.6 is 0 Å². The molecule has 0 amide bonds. The van der Waals surface area contributed by atoms with Gasteiger partial charge in [-0.15, -0.1) is 0 Å². The minimum Gasteiger partial charge on any atom is -0.497 e. The van der Waals surface area contributed by atoms with Gasteiger partial charge in [-0.3, -0.25) is 0 Å². The maximum Gasteiger partial charge on any atom is 0.233 e. The Morgan fingerprint density at radius 1 is 1.08 bits per heavy atom. The molecule has 3 aromatic rings. The fourth-order valence-corrected chi connectivity index (χ4v) is 3.54. The average Bonchev–Trinajstić information content (AvgIpc) is 3.07. The molecule has 8 heteroatoms. The molecule has 1 N–H and O–H groups in total. The van der Waals surface area contributed by atoms with Crippen LogP contribution < -0.4 is 10.1 Å². The number of benzene rings is 2. The van der Waals surface area contributed by atoms with Crippen molar-refractivity contribution in [1.29, 1.82) is 0 Å². The Bertz CT molecular complexity index is 980. The molecule has 0 unspecified atom stereocenters. The van der Waals surface area contributed by atoms with Crippen molar-refractivity contribution in [3.63, 3.8) is 0 Å². The van der Waals surface area contributed by atoms with E-state index in [-0.39, 0.29) is 21.7 Å². The number of nitrogens with zero attached hydrogens (tertiary/aromatic N) is 1. The third kappa shape index (κ3) is 3.20. The number of rotatable bonds is 5. The molecular formula is C17H15FN2O4S. The Labute approximate surface area is 144 Å². The number of halogens is 1. The molecule has 0 saturated carbocycles. The van der Waals surface area contributed by atoms with E-state index in [9.17, 15) is 12.8 Å². The predicted molar refractivity (Wildman–Crippen MR) is 89.9 cm³/mol. The van der Waals surface area contributed by atoms with Gasteiger partial charge in [-0.25, -0.2) is 12.8 Å². The zero-order valence-corrected chi connectivity index (χ0v) is 14.3. The summed E-state index contributed by atoms with van der Waals surface area (Å²) in [5, 5.41) is 2.43. The lowest BCUT2D eigenvalue weighted by molar-refractivity contribution is 0.415. The largest absolute Gasteiger partial charge is 0.497 e. The summed E-state index contributed by atoms with van der Waals surface area (Å²) in [6.45, 7) is 0. The fourth-order valence-electron chi connectivity index (χ4n) is 2.23. The topological polar surface area (TPSA) is 81.4 Å². The van der Waals surface area contributed by atoms with Crippen LogP contribution in [0.5, 0.6) is 5.75 Å².